The second kappa shape index (κ2) is 5.11. The maximum absolute atomic E-state index is 12.8. The zero-order valence-electron chi connectivity index (χ0n) is 13.3. The summed E-state index contributed by atoms with van der Waals surface area (Å²) in [4.78, 5) is 12.8. The van der Waals surface area contributed by atoms with E-state index in [9.17, 15) is 9.90 Å². The molecule has 0 aliphatic carbocycles. The summed E-state index contributed by atoms with van der Waals surface area (Å²) < 4.78 is 11.4. The highest BCUT2D eigenvalue weighted by atomic mass is 16.6. The van der Waals surface area contributed by atoms with Crippen molar-refractivity contribution >= 4 is 5.97 Å². The Morgan fingerprint density at radius 3 is 2.29 bits per heavy atom. The molecule has 4 nitrogen and oxygen atoms in total. The van der Waals surface area contributed by atoms with Crippen molar-refractivity contribution in [3.8, 4) is 0 Å². The lowest BCUT2D eigenvalue weighted by Gasteiger charge is -2.59. The van der Waals surface area contributed by atoms with Crippen LogP contribution in [0.25, 0.3) is 0 Å². The molecule has 1 N–H and O–H groups in total. The summed E-state index contributed by atoms with van der Waals surface area (Å²) in [6, 6.07) is 9.35. The van der Waals surface area contributed by atoms with Crippen LogP contribution < -0.4 is 0 Å². The first-order chi connectivity index (χ1) is 9.65. The molecule has 1 aliphatic rings. The Hall–Kier alpha value is -1.39. The molecule has 1 saturated heterocycles. The van der Waals surface area contributed by atoms with Crippen LogP contribution in [0.3, 0.4) is 0 Å². The van der Waals surface area contributed by atoms with Crippen LogP contribution in [0.2, 0.25) is 0 Å². The van der Waals surface area contributed by atoms with Crippen LogP contribution in [-0.4, -0.2) is 29.4 Å². The van der Waals surface area contributed by atoms with Gasteiger partial charge in [-0.15, -0.1) is 0 Å². The van der Waals surface area contributed by atoms with Crippen LogP contribution in [0.1, 0.15) is 40.2 Å². The largest absolute Gasteiger partial charge is 0.458 e. The normalized spacial score (nSPS) is 27.8. The second-order valence-electron chi connectivity index (χ2n) is 7.06. The Balaban J connectivity index is 2.45. The van der Waals surface area contributed by atoms with Crippen molar-refractivity contribution in [1.82, 2.24) is 0 Å². The SMILES string of the molecule is CC(C)(C)OC(=O)[C@]1(c2ccccc2)O[C@@H](CO)C1(C)C. The van der Waals surface area contributed by atoms with Crippen LogP contribution in [0, 0.1) is 5.41 Å². The average Bonchev–Trinajstić information content (AvgIpc) is 2.37. The molecule has 21 heavy (non-hydrogen) atoms. The minimum absolute atomic E-state index is 0.121. The molecule has 4 heteroatoms. The molecule has 0 saturated carbocycles. The molecule has 0 bridgehead atoms. The number of hydrogen-bond acceptors (Lipinski definition) is 4. The third-order valence-corrected chi connectivity index (χ3v) is 4.06. The third kappa shape index (κ3) is 2.47. The van der Waals surface area contributed by atoms with Crippen LogP contribution in [0.15, 0.2) is 30.3 Å². The number of aliphatic hydroxyl groups excluding tert-OH is 1. The van der Waals surface area contributed by atoms with E-state index in [1.165, 1.54) is 0 Å². The lowest BCUT2D eigenvalue weighted by Crippen LogP contribution is -2.69. The van der Waals surface area contributed by atoms with Gasteiger partial charge in [-0.25, -0.2) is 4.79 Å². The monoisotopic (exact) mass is 292 g/mol. The van der Waals surface area contributed by atoms with Gasteiger partial charge in [-0.1, -0.05) is 44.2 Å². The molecule has 1 fully saturated rings. The predicted octanol–water partition coefficient (Wildman–Crippen LogP) is 2.64. The highest BCUT2D eigenvalue weighted by Gasteiger charge is 2.68. The zero-order valence-corrected chi connectivity index (χ0v) is 13.3. The molecule has 116 valence electrons. The van der Waals surface area contributed by atoms with Gasteiger partial charge in [0.25, 0.3) is 0 Å². The number of carbonyl (C=O) groups is 1. The molecule has 0 spiro atoms. The Kier molecular flexibility index (Phi) is 3.89. The summed E-state index contributed by atoms with van der Waals surface area (Å²) >= 11 is 0. The smallest absolute Gasteiger partial charge is 0.344 e. The Labute approximate surface area is 126 Å². The first kappa shape index (κ1) is 16.0. The molecule has 1 aliphatic heterocycles. The maximum Gasteiger partial charge on any atom is 0.344 e. The van der Waals surface area contributed by atoms with Crippen molar-refractivity contribution in [2.75, 3.05) is 6.61 Å². The van der Waals surface area contributed by atoms with E-state index in [4.69, 9.17) is 9.47 Å². The van der Waals surface area contributed by atoms with Crippen molar-refractivity contribution in [2.45, 2.75) is 51.9 Å². The van der Waals surface area contributed by atoms with E-state index in [1.807, 2.05) is 65.0 Å². The number of carbonyl (C=O) groups excluding carboxylic acids is 1. The summed E-state index contributed by atoms with van der Waals surface area (Å²) in [6.45, 7) is 9.23. The van der Waals surface area contributed by atoms with Crippen molar-refractivity contribution in [3.63, 3.8) is 0 Å². The van der Waals surface area contributed by atoms with E-state index in [2.05, 4.69) is 0 Å². The molecule has 1 aromatic carbocycles. The molecule has 0 amide bonds. The molecular formula is C17H24O4. The van der Waals surface area contributed by atoms with Crippen LogP contribution >= 0.6 is 0 Å². The highest BCUT2D eigenvalue weighted by Crippen LogP contribution is 2.57. The third-order valence-electron chi connectivity index (χ3n) is 4.06. The van der Waals surface area contributed by atoms with Gasteiger partial charge in [0, 0.05) is 5.41 Å². The number of aliphatic hydroxyl groups is 1. The topological polar surface area (TPSA) is 55.8 Å². The minimum Gasteiger partial charge on any atom is -0.458 e. The summed E-state index contributed by atoms with van der Waals surface area (Å²) in [5, 5.41) is 9.44. The minimum atomic E-state index is -1.17. The van der Waals surface area contributed by atoms with Gasteiger partial charge in [0.15, 0.2) is 5.60 Å². The van der Waals surface area contributed by atoms with Crippen molar-refractivity contribution in [3.05, 3.63) is 35.9 Å². The fraction of sp³-hybridized carbons (Fsp3) is 0.588. The summed E-state index contributed by atoms with van der Waals surface area (Å²) in [5.41, 5.74) is -1.56. The van der Waals surface area contributed by atoms with Crippen molar-refractivity contribution in [2.24, 2.45) is 5.41 Å². The maximum atomic E-state index is 12.8. The first-order valence-corrected chi connectivity index (χ1v) is 7.23. The Morgan fingerprint density at radius 1 is 1.29 bits per heavy atom. The van der Waals surface area contributed by atoms with Gasteiger partial charge in [-0.05, 0) is 26.3 Å². The van der Waals surface area contributed by atoms with Gasteiger partial charge >= 0.3 is 5.97 Å². The van der Waals surface area contributed by atoms with Gasteiger partial charge in [0.2, 0.25) is 0 Å². The lowest BCUT2D eigenvalue weighted by atomic mass is 9.62. The van der Waals surface area contributed by atoms with E-state index in [0.717, 1.165) is 5.56 Å². The standard InChI is InChI=1S/C17H24O4/c1-15(2,3)21-14(19)17(12-9-7-6-8-10-12)16(4,5)13(11-18)20-17/h6-10,13,18H,11H2,1-5H3/t13-,17-/m0/s1. The van der Waals surface area contributed by atoms with E-state index in [0.29, 0.717) is 0 Å². The van der Waals surface area contributed by atoms with Crippen molar-refractivity contribution in [1.29, 1.82) is 0 Å². The van der Waals surface area contributed by atoms with E-state index < -0.39 is 22.6 Å². The molecule has 2 rings (SSSR count). The van der Waals surface area contributed by atoms with Gasteiger partial charge in [-0.3, -0.25) is 0 Å². The molecule has 2 atom stereocenters. The average molecular weight is 292 g/mol. The van der Waals surface area contributed by atoms with Gasteiger partial charge < -0.3 is 14.6 Å². The lowest BCUT2D eigenvalue weighted by molar-refractivity contribution is -0.320. The predicted molar refractivity (Wildman–Crippen MR) is 79.7 cm³/mol. The Bertz CT molecular complexity index is 515. The summed E-state index contributed by atoms with van der Waals surface area (Å²) in [5.74, 6) is -0.407. The van der Waals surface area contributed by atoms with Gasteiger partial charge in [0.1, 0.15) is 5.60 Å². The highest BCUT2D eigenvalue weighted by molar-refractivity contribution is 5.84. The molecule has 0 unspecified atom stereocenters. The number of rotatable bonds is 3. The van der Waals surface area contributed by atoms with Gasteiger partial charge in [-0.2, -0.15) is 0 Å². The van der Waals surface area contributed by atoms with E-state index in [-0.39, 0.29) is 12.7 Å². The summed E-state index contributed by atoms with van der Waals surface area (Å²) in [7, 11) is 0. The fourth-order valence-corrected chi connectivity index (χ4v) is 2.84. The molecule has 0 radical (unpaired) electrons. The van der Waals surface area contributed by atoms with Crippen LogP contribution in [-0.2, 0) is 19.9 Å². The first-order valence-electron chi connectivity index (χ1n) is 7.23. The number of ether oxygens (including phenoxy) is 2. The second-order valence-corrected chi connectivity index (χ2v) is 7.06. The van der Waals surface area contributed by atoms with E-state index >= 15 is 0 Å². The van der Waals surface area contributed by atoms with Crippen LogP contribution in [0.5, 0.6) is 0 Å². The fourth-order valence-electron chi connectivity index (χ4n) is 2.84. The van der Waals surface area contributed by atoms with Crippen molar-refractivity contribution < 1.29 is 19.4 Å². The molecular weight excluding hydrogens is 268 g/mol. The molecule has 0 aromatic heterocycles. The van der Waals surface area contributed by atoms with E-state index in [1.54, 1.807) is 0 Å². The number of esters is 1. The Morgan fingerprint density at radius 2 is 1.86 bits per heavy atom. The quantitative estimate of drug-likeness (QED) is 0.870. The molecule has 1 aromatic rings. The molecule has 1 heterocycles. The number of benzene rings is 1. The van der Waals surface area contributed by atoms with Gasteiger partial charge in [0.05, 0.1) is 12.7 Å². The zero-order chi connectivity index (χ0) is 15.9. The number of hydrogen-bond donors (Lipinski definition) is 1. The summed E-state index contributed by atoms with van der Waals surface area (Å²) in [6.07, 6.45) is -0.384. The van der Waals surface area contributed by atoms with Crippen LogP contribution in [0.4, 0.5) is 0 Å².